The van der Waals surface area contributed by atoms with Gasteiger partial charge in [-0.15, -0.1) is 0 Å². The Bertz CT molecular complexity index is 1270. The molecule has 0 aliphatic rings. The topological polar surface area (TPSA) is 82.8 Å². The highest BCUT2D eigenvalue weighted by molar-refractivity contribution is 6.30. The van der Waals surface area contributed by atoms with Gasteiger partial charge in [-0.1, -0.05) is 54.1 Å². The Hall–Kier alpha value is -3.42. The zero-order valence-electron chi connectivity index (χ0n) is 19.3. The number of nitrogens with zero attached hydrogens (tertiary/aromatic N) is 4. The summed E-state index contributed by atoms with van der Waals surface area (Å²) in [5.41, 5.74) is 3.53. The van der Waals surface area contributed by atoms with Gasteiger partial charge in [-0.05, 0) is 43.5 Å². The molecule has 7 nitrogen and oxygen atoms in total. The monoisotopic (exact) mass is 477 g/mol. The number of carbonyl (C=O) groups is 1. The summed E-state index contributed by atoms with van der Waals surface area (Å²) in [4.78, 5) is 20.1. The molecule has 0 radical (unpaired) electrons. The number of hydrogen-bond donors (Lipinski definition) is 2. The molecule has 0 saturated carbocycles. The summed E-state index contributed by atoms with van der Waals surface area (Å²) in [5, 5.41) is 18.0. The fourth-order valence-electron chi connectivity index (χ4n) is 4.02. The maximum Gasteiger partial charge on any atom is 0.270 e. The van der Waals surface area contributed by atoms with Gasteiger partial charge in [-0.2, -0.15) is 9.61 Å². The number of anilines is 1. The number of carbonyl (C=O) groups excluding carboxylic acids is 1. The maximum absolute atomic E-state index is 13.3. The van der Waals surface area contributed by atoms with E-state index in [-0.39, 0.29) is 18.2 Å². The quantitative estimate of drug-likeness (QED) is 0.377. The first-order chi connectivity index (χ1) is 16.5. The van der Waals surface area contributed by atoms with Crippen LogP contribution in [0.4, 0.5) is 5.82 Å². The number of amides is 1. The molecular weight excluding hydrogens is 450 g/mol. The molecule has 2 aromatic heterocycles. The highest BCUT2D eigenvalue weighted by Gasteiger charge is 2.21. The van der Waals surface area contributed by atoms with Crippen LogP contribution < -0.4 is 10.2 Å². The van der Waals surface area contributed by atoms with Crippen molar-refractivity contribution in [2.24, 2.45) is 0 Å². The molecule has 2 heterocycles. The van der Waals surface area contributed by atoms with E-state index in [1.165, 1.54) is 0 Å². The molecule has 0 saturated heterocycles. The van der Waals surface area contributed by atoms with Gasteiger partial charge in [0.1, 0.15) is 11.5 Å². The van der Waals surface area contributed by atoms with Gasteiger partial charge in [0.05, 0.1) is 18.8 Å². The summed E-state index contributed by atoms with van der Waals surface area (Å²) in [5.74, 6) is 0.432. The smallest absolute Gasteiger partial charge is 0.270 e. The van der Waals surface area contributed by atoms with E-state index >= 15 is 0 Å². The van der Waals surface area contributed by atoms with Crippen molar-refractivity contribution in [3.63, 3.8) is 0 Å². The first-order valence-corrected chi connectivity index (χ1v) is 11.8. The van der Waals surface area contributed by atoms with Crippen LogP contribution in [0.3, 0.4) is 0 Å². The molecule has 0 unspecified atom stereocenters. The zero-order valence-corrected chi connectivity index (χ0v) is 20.0. The molecule has 0 aliphatic carbocycles. The van der Waals surface area contributed by atoms with Crippen LogP contribution in [0.2, 0.25) is 5.02 Å². The van der Waals surface area contributed by atoms with Crippen molar-refractivity contribution in [2.75, 3.05) is 24.6 Å². The average molecular weight is 478 g/mol. The average Bonchev–Trinajstić information content (AvgIpc) is 3.29. The summed E-state index contributed by atoms with van der Waals surface area (Å²) in [7, 11) is 0. The second-order valence-electron chi connectivity index (χ2n) is 8.02. The molecule has 2 aromatic carbocycles. The normalized spacial score (nSPS) is 12.0. The zero-order chi connectivity index (χ0) is 24.1. The SMILES string of the molecule is CCN(CC)c1cc(C(=O)N[C@H](CO)Cc2ccccc2)nc2c(-c3cccc(Cl)c3)cnn12. The number of halogens is 1. The van der Waals surface area contributed by atoms with E-state index in [0.717, 1.165) is 35.6 Å². The fourth-order valence-corrected chi connectivity index (χ4v) is 4.21. The van der Waals surface area contributed by atoms with Crippen molar-refractivity contribution < 1.29 is 9.90 Å². The molecule has 0 bridgehead atoms. The minimum atomic E-state index is -0.429. The lowest BCUT2D eigenvalue weighted by molar-refractivity contribution is 0.0911. The molecule has 0 fully saturated rings. The molecule has 2 N–H and O–H groups in total. The highest BCUT2D eigenvalue weighted by Crippen LogP contribution is 2.29. The fraction of sp³-hybridized carbons (Fsp3) is 0.269. The molecule has 8 heteroatoms. The van der Waals surface area contributed by atoms with Gasteiger partial charge >= 0.3 is 0 Å². The number of fused-ring (bicyclic) bond motifs is 1. The first kappa shape index (κ1) is 23.7. The van der Waals surface area contributed by atoms with Crippen LogP contribution in [0.5, 0.6) is 0 Å². The number of aliphatic hydroxyl groups excluding tert-OH is 1. The van der Waals surface area contributed by atoms with Crippen LogP contribution in [0.15, 0.2) is 66.9 Å². The van der Waals surface area contributed by atoms with Gasteiger partial charge in [0.25, 0.3) is 5.91 Å². The number of rotatable bonds is 9. The standard InChI is InChI=1S/C26H28ClN5O2/c1-3-31(4-2)24-15-23(26(34)29-21(17-33)13-18-9-6-5-7-10-18)30-25-22(16-28-32(24)25)19-11-8-12-20(27)14-19/h5-12,14-16,21,33H,3-4,13,17H2,1-2H3,(H,29,34)/t21-/m0/s1. The first-order valence-electron chi connectivity index (χ1n) is 11.4. The van der Waals surface area contributed by atoms with Gasteiger partial charge in [0.2, 0.25) is 0 Å². The van der Waals surface area contributed by atoms with Crippen LogP contribution in [0.25, 0.3) is 16.8 Å². The van der Waals surface area contributed by atoms with Crippen LogP contribution in [-0.2, 0) is 6.42 Å². The minimum Gasteiger partial charge on any atom is -0.394 e. The van der Waals surface area contributed by atoms with E-state index in [1.54, 1.807) is 16.8 Å². The van der Waals surface area contributed by atoms with Crippen LogP contribution in [-0.4, -0.2) is 51.4 Å². The van der Waals surface area contributed by atoms with Crippen molar-refractivity contribution in [1.29, 1.82) is 0 Å². The number of aliphatic hydroxyl groups is 1. The Morgan fingerprint density at radius 2 is 1.88 bits per heavy atom. The predicted molar refractivity (Wildman–Crippen MR) is 135 cm³/mol. The van der Waals surface area contributed by atoms with Crippen molar-refractivity contribution >= 4 is 29.0 Å². The number of hydrogen-bond acceptors (Lipinski definition) is 5. The molecule has 1 atom stereocenters. The van der Waals surface area contributed by atoms with Gasteiger partial charge in [-0.25, -0.2) is 4.98 Å². The van der Waals surface area contributed by atoms with E-state index in [1.807, 2.05) is 54.6 Å². The van der Waals surface area contributed by atoms with E-state index in [4.69, 9.17) is 11.6 Å². The second-order valence-corrected chi connectivity index (χ2v) is 8.45. The van der Waals surface area contributed by atoms with Crippen molar-refractivity contribution in [2.45, 2.75) is 26.3 Å². The molecule has 1 amide bonds. The molecule has 176 valence electrons. The summed E-state index contributed by atoms with van der Waals surface area (Å²) in [6, 6.07) is 18.6. The Labute approximate surface area is 204 Å². The number of nitrogens with one attached hydrogen (secondary N) is 1. The minimum absolute atomic E-state index is 0.174. The molecule has 4 aromatic rings. The van der Waals surface area contributed by atoms with Gasteiger partial charge in [-0.3, -0.25) is 4.79 Å². The highest BCUT2D eigenvalue weighted by atomic mass is 35.5. The molecule has 34 heavy (non-hydrogen) atoms. The van der Waals surface area contributed by atoms with E-state index in [9.17, 15) is 9.90 Å². The Kier molecular flexibility index (Phi) is 7.45. The lowest BCUT2D eigenvalue weighted by atomic mass is 10.1. The third-order valence-electron chi connectivity index (χ3n) is 5.79. The summed E-state index contributed by atoms with van der Waals surface area (Å²) >= 11 is 6.22. The summed E-state index contributed by atoms with van der Waals surface area (Å²) < 4.78 is 1.76. The Morgan fingerprint density at radius 1 is 1.12 bits per heavy atom. The van der Waals surface area contributed by atoms with Crippen LogP contribution in [0.1, 0.15) is 29.9 Å². The Morgan fingerprint density at radius 3 is 2.56 bits per heavy atom. The predicted octanol–water partition coefficient (Wildman–Crippen LogP) is 4.23. The number of aromatic nitrogens is 3. The van der Waals surface area contributed by atoms with Crippen LogP contribution in [0, 0.1) is 0 Å². The third kappa shape index (κ3) is 5.05. The third-order valence-corrected chi connectivity index (χ3v) is 6.02. The largest absolute Gasteiger partial charge is 0.394 e. The lowest BCUT2D eigenvalue weighted by Gasteiger charge is -2.22. The maximum atomic E-state index is 13.3. The van der Waals surface area contributed by atoms with Crippen LogP contribution >= 0.6 is 11.6 Å². The Balaban J connectivity index is 1.73. The van der Waals surface area contributed by atoms with Crippen molar-refractivity contribution in [3.8, 4) is 11.1 Å². The van der Waals surface area contributed by atoms with Gasteiger partial charge < -0.3 is 15.3 Å². The summed E-state index contributed by atoms with van der Waals surface area (Å²) in [6.45, 7) is 5.43. The molecule has 4 rings (SSSR count). The molecule has 0 aliphatic heterocycles. The van der Waals surface area contributed by atoms with Crippen molar-refractivity contribution in [1.82, 2.24) is 19.9 Å². The summed E-state index contributed by atoms with van der Waals surface area (Å²) in [6.07, 6.45) is 2.27. The van der Waals surface area contributed by atoms with E-state index in [0.29, 0.717) is 17.1 Å². The second kappa shape index (κ2) is 10.7. The lowest BCUT2D eigenvalue weighted by Crippen LogP contribution is -2.39. The van der Waals surface area contributed by atoms with Crippen molar-refractivity contribution in [3.05, 3.63) is 83.1 Å². The van der Waals surface area contributed by atoms with Gasteiger partial charge in [0.15, 0.2) is 5.65 Å². The number of benzene rings is 2. The molecule has 0 spiro atoms. The van der Waals surface area contributed by atoms with E-state index in [2.05, 4.69) is 34.1 Å². The van der Waals surface area contributed by atoms with E-state index < -0.39 is 6.04 Å². The van der Waals surface area contributed by atoms with Gasteiger partial charge in [0, 0.05) is 29.7 Å². The molecular formula is C26H28ClN5O2.